The molecule has 0 aliphatic heterocycles. The van der Waals surface area contributed by atoms with Crippen molar-refractivity contribution in [3.8, 4) is 17.0 Å². The Hall–Kier alpha value is -2.34. The second-order valence-electron chi connectivity index (χ2n) is 3.63. The van der Waals surface area contributed by atoms with Crippen LogP contribution in [0, 0.1) is 0 Å². The lowest BCUT2D eigenvalue weighted by atomic mass is 10.1. The quantitative estimate of drug-likeness (QED) is 0.695. The van der Waals surface area contributed by atoms with Crippen molar-refractivity contribution in [2.75, 3.05) is 0 Å². The number of H-pyrrole nitrogens is 1. The van der Waals surface area contributed by atoms with Gasteiger partial charge in [-0.3, -0.25) is 9.78 Å². The number of nitrogens with zero attached hydrogens (tertiary/aromatic N) is 3. The molecule has 1 aromatic carbocycles. The summed E-state index contributed by atoms with van der Waals surface area (Å²) < 4.78 is 1.14. The van der Waals surface area contributed by atoms with Gasteiger partial charge in [0, 0.05) is 10.6 Å². The van der Waals surface area contributed by atoms with Crippen LogP contribution in [0.1, 0.15) is 0 Å². The van der Waals surface area contributed by atoms with E-state index in [0.29, 0.717) is 10.6 Å². The van der Waals surface area contributed by atoms with Gasteiger partial charge in [0.2, 0.25) is 11.7 Å². The van der Waals surface area contributed by atoms with Crippen LogP contribution in [0.15, 0.2) is 35.4 Å². The van der Waals surface area contributed by atoms with Crippen LogP contribution in [0.5, 0.6) is 5.88 Å². The predicted molar refractivity (Wildman–Crippen MR) is 65.7 cm³/mol. The van der Waals surface area contributed by atoms with Crippen LogP contribution in [0.4, 0.5) is 0 Å². The Balaban J connectivity index is 2.43. The molecule has 0 saturated heterocycles. The summed E-state index contributed by atoms with van der Waals surface area (Å²) in [5, 5.41) is 14.3. The van der Waals surface area contributed by atoms with Gasteiger partial charge in [0.1, 0.15) is 11.9 Å². The first-order chi connectivity index (χ1) is 8.68. The third-order valence-electron chi connectivity index (χ3n) is 2.57. The van der Waals surface area contributed by atoms with Crippen LogP contribution < -0.4 is 5.56 Å². The minimum atomic E-state index is -0.471. The molecule has 0 amide bonds. The molecule has 2 N–H and O–H groups in total. The fraction of sp³-hybridized carbons (Fsp3) is 0. The molecule has 0 aliphatic carbocycles. The molecule has 0 aliphatic rings. The molecule has 0 spiro atoms. The summed E-state index contributed by atoms with van der Waals surface area (Å²) in [5.74, 6) is -0.118. The number of hydrogen-bond donors (Lipinski definition) is 2. The standard InChI is InChI=1S/C11H7ClN4O2/c12-7-4-2-1-3-6(7)8-9(17)15-11-13-5-14-16(11)10(8)18/h1-5,18H,(H,13,14,15,17). The molecular weight excluding hydrogens is 256 g/mol. The minimum Gasteiger partial charge on any atom is -0.493 e. The summed E-state index contributed by atoms with van der Waals surface area (Å²) in [6.45, 7) is 0. The Labute approximate surface area is 105 Å². The van der Waals surface area contributed by atoms with Gasteiger partial charge in [-0.25, -0.2) is 0 Å². The molecule has 7 heteroatoms. The van der Waals surface area contributed by atoms with Crippen molar-refractivity contribution in [1.29, 1.82) is 0 Å². The molecule has 18 heavy (non-hydrogen) atoms. The van der Waals surface area contributed by atoms with Gasteiger partial charge in [-0.15, -0.1) is 0 Å². The summed E-state index contributed by atoms with van der Waals surface area (Å²) in [4.78, 5) is 18.3. The molecule has 90 valence electrons. The van der Waals surface area contributed by atoms with Crippen molar-refractivity contribution in [1.82, 2.24) is 19.6 Å². The monoisotopic (exact) mass is 262 g/mol. The van der Waals surface area contributed by atoms with Crippen molar-refractivity contribution in [2.24, 2.45) is 0 Å². The first kappa shape index (κ1) is 10.8. The largest absolute Gasteiger partial charge is 0.493 e. The van der Waals surface area contributed by atoms with Crippen LogP contribution in [-0.2, 0) is 0 Å². The Morgan fingerprint density at radius 3 is 2.89 bits per heavy atom. The van der Waals surface area contributed by atoms with Gasteiger partial charge in [-0.2, -0.15) is 14.6 Å². The highest BCUT2D eigenvalue weighted by atomic mass is 35.5. The summed E-state index contributed by atoms with van der Waals surface area (Å²) in [5.41, 5.74) is 0.0371. The summed E-state index contributed by atoms with van der Waals surface area (Å²) in [6.07, 6.45) is 1.24. The summed E-state index contributed by atoms with van der Waals surface area (Å²) in [7, 11) is 0. The Morgan fingerprint density at radius 2 is 2.11 bits per heavy atom. The SMILES string of the molecule is O=c1[nH]c2ncnn2c(O)c1-c1ccccc1Cl. The van der Waals surface area contributed by atoms with Crippen molar-refractivity contribution in [3.63, 3.8) is 0 Å². The van der Waals surface area contributed by atoms with Gasteiger partial charge in [0.15, 0.2) is 0 Å². The predicted octanol–water partition coefficient (Wildman–Crippen LogP) is 1.44. The zero-order valence-corrected chi connectivity index (χ0v) is 9.72. The molecule has 6 nitrogen and oxygen atoms in total. The number of aromatic amines is 1. The average Bonchev–Trinajstić information content (AvgIpc) is 2.79. The summed E-state index contributed by atoms with van der Waals surface area (Å²) in [6, 6.07) is 6.76. The molecule has 0 radical (unpaired) electrons. The topological polar surface area (TPSA) is 83.3 Å². The lowest BCUT2D eigenvalue weighted by molar-refractivity contribution is 0.436. The molecular formula is C11H7ClN4O2. The maximum atomic E-state index is 11.9. The van der Waals surface area contributed by atoms with Gasteiger partial charge in [0.25, 0.3) is 5.56 Å². The number of benzene rings is 1. The zero-order valence-electron chi connectivity index (χ0n) is 8.96. The second kappa shape index (κ2) is 3.85. The van der Waals surface area contributed by atoms with E-state index >= 15 is 0 Å². The Kier molecular flexibility index (Phi) is 2.31. The lowest BCUT2D eigenvalue weighted by Gasteiger charge is -2.06. The van der Waals surface area contributed by atoms with E-state index in [1.807, 2.05) is 0 Å². The van der Waals surface area contributed by atoms with Gasteiger partial charge in [-0.05, 0) is 6.07 Å². The number of fused-ring (bicyclic) bond motifs is 1. The fourth-order valence-electron chi connectivity index (χ4n) is 1.76. The van der Waals surface area contributed by atoms with Crippen LogP contribution >= 0.6 is 11.6 Å². The number of rotatable bonds is 1. The molecule has 0 atom stereocenters. The van der Waals surface area contributed by atoms with Crippen molar-refractivity contribution in [3.05, 3.63) is 46.0 Å². The number of hydrogen-bond acceptors (Lipinski definition) is 4. The van der Waals surface area contributed by atoms with Gasteiger partial charge >= 0.3 is 0 Å². The van der Waals surface area contributed by atoms with Crippen LogP contribution in [0.3, 0.4) is 0 Å². The summed E-state index contributed by atoms with van der Waals surface area (Å²) >= 11 is 6.02. The molecule has 2 aromatic heterocycles. The van der Waals surface area contributed by atoms with Crippen LogP contribution in [0.25, 0.3) is 16.9 Å². The zero-order chi connectivity index (χ0) is 12.7. The molecule has 0 fully saturated rings. The number of aromatic nitrogens is 4. The van der Waals surface area contributed by atoms with E-state index in [2.05, 4.69) is 15.1 Å². The molecule has 0 unspecified atom stereocenters. The number of halogens is 1. The minimum absolute atomic E-state index is 0.0681. The fourth-order valence-corrected chi connectivity index (χ4v) is 1.99. The highest BCUT2D eigenvalue weighted by Crippen LogP contribution is 2.30. The molecule has 2 heterocycles. The van der Waals surface area contributed by atoms with Gasteiger partial charge in [0.05, 0.1) is 0 Å². The maximum absolute atomic E-state index is 11.9. The Bertz CT molecular complexity index is 793. The van der Waals surface area contributed by atoms with Crippen LogP contribution in [0.2, 0.25) is 5.02 Å². The van der Waals surface area contributed by atoms with E-state index in [4.69, 9.17) is 11.6 Å². The van der Waals surface area contributed by atoms with E-state index in [-0.39, 0.29) is 17.2 Å². The van der Waals surface area contributed by atoms with Gasteiger partial charge in [-0.1, -0.05) is 29.8 Å². The van der Waals surface area contributed by atoms with Gasteiger partial charge < -0.3 is 5.11 Å². The molecule has 0 saturated carbocycles. The highest BCUT2D eigenvalue weighted by molar-refractivity contribution is 6.33. The lowest BCUT2D eigenvalue weighted by Crippen LogP contribution is -2.13. The van der Waals surface area contributed by atoms with E-state index < -0.39 is 5.56 Å². The van der Waals surface area contributed by atoms with Crippen molar-refractivity contribution < 1.29 is 5.11 Å². The first-order valence-electron chi connectivity index (χ1n) is 5.08. The molecule has 0 bridgehead atoms. The highest BCUT2D eigenvalue weighted by Gasteiger charge is 2.16. The van der Waals surface area contributed by atoms with Crippen molar-refractivity contribution in [2.45, 2.75) is 0 Å². The van der Waals surface area contributed by atoms with Crippen LogP contribution in [-0.4, -0.2) is 24.7 Å². The third kappa shape index (κ3) is 1.46. The smallest absolute Gasteiger partial charge is 0.264 e. The number of nitrogens with one attached hydrogen (secondary N) is 1. The van der Waals surface area contributed by atoms with Crippen molar-refractivity contribution >= 4 is 17.4 Å². The van der Waals surface area contributed by atoms with E-state index in [1.54, 1.807) is 24.3 Å². The molecule has 3 aromatic rings. The third-order valence-corrected chi connectivity index (χ3v) is 2.90. The normalized spacial score (nSPS) is 10.9. The maximum Gasteiger partial charge on any atom is 0.264 e. The van der Waals surface area contributed by atoms with E-state index in [0.717, 1.165) is 4.52 Å². The second-order valence-corrected chi connectivity index (χ2v) is 4.04. The Morgan fingerprint density at radius 1 is 1.33 bits per heavy atom. The number of aromatic hydroxyl groups is 1. The molecule has 3 rings (SSSR count). The van der Waals surface area contributed by atoms with E-state index in [9.17, 15) is 9.90 Å². The first-order valence-corrected chi connectivity index (χ1v) is 5.46. The average molecular weight is 263 g/mol. The van der Waals surface area contributed by atoms with E-state index in [1.165, 1.54) is 6.33 Å².